The second kappa shape index (κ2) is 7.45. The first-order valence-electron chi connectivity index (χ1n) is 7.62. The van der Waals surface area contributed by atoms with Crippen molar-refractivity contribution in [3.8, 4) is 0 Å². The first-order valence-corrected chi connectivity index (χ1v) is 7.62. The van der Waals surface area contributed by atoms with E-state index in [9.17, 15) is 0 Å². The minimum atomic E-state index is 0.680. The number of guanidine groups is 1. The first kappa shape index (κ1) is 15.8. The van der Waals surface area contributed by atoms with Crippen LogP contribution in [0.25, 0.3) is 0 Å². The lowest BCUT2D eigenvalue weighted by Crippen LogP contribution is -2.38. The summed E-state index contributed by atoms with van der Waals surface area (Å²) in [6.45, 7) is 7.39. The van der Waals surface area contributed by atoms with Crippen molar-refractivity contribution in [1.29, 1.82) is 0 Å². The monoisotopic (exact) mass is 293 g/mol. The molecule has 0 aromatic carbocycles. The van der Waals surface area contributed by atoms with Crippen molar-refractivity contribution in [2.45, 2.75) is 39.8 Å². The highest BCUT2D eigenvalue weighted by atomic mass is 16.5. The van der Waals surface area contributed by atoms with Gasteiger partial charge in [-0.15, -0.1) is 0 Å². The molecule has 1 aromatic rings. The quantitative estimate of drug-likeness (QED) is 0.586. The zero-order valence-electron chi connectivity index (χ0n) is 13.6. The van der Waals surface area contributed by atoms with Gasteiger partial charge in [-0.3, -0.25) is 9.67 Å². The van der Waals surface area contributed by atoms with Crippen molar-refractivity contribution in [2.24, 2.45) is 10.9 Å². The van der Waals surface area contributed by atoms with Crippen LogP contribution in [0.3, 0.4) is 0 Å². The smallest absolute Gasteiger partial charge is 0.191 e. The van der Waals surface area contributed by atoms with Crippen molar-refractivity contribution in [3.63, 3.8) is 0 Å². The van der Waals surface area contributed by atoms with Gasteiger partial charge in [0.25, 0.3) is 0 Å². The Labute approximate surface area is 127 Å². The maximum Gasteiger partial charge on any atom is 0.191 e. The molecule has 0 saturated heterocycles. The van der Waals surface area contributed by atoms with Gasteiger partial charge in [0.2, 0.25) is 0 Å². The third-order valence-electron chi connectivity index (χ3n) is 3.95. The topological polar surface area (TPSA) is 63.5 Å². The fourth-order valence-corrected chi connectivity index (χ4v) is 2.34. The average molecular weight is 293 g/mol. The van der Waals surface area contributed by atoms with E-state index in [1.165, 1.54) is 24.1 Å². The number of ether oxygens (including phenoxy) is 1. The maximum absolute atomic E-state index is 5.12. The van der Waals surface area contributed by atoms with Crippen LogP contribution in [0.5, 0.6) is 0 Å². The van der Waals surface area contributed by atoms with E-state index < -0.39 is 0 Å². The number of rotatable bonds is 7. The van der Waals surface area contributed by atoms with Gasteiger partial charge in [-0.25, -0.2) is 0 Å². The van der Waals surface area contributed by atoms with Crippen molar-refractivity contribution in [2.75, 3.05) is 27.3 Å². The molecule has 0 radical (unpaired) electrons. The van der Waals surface area contributed by atoms with Gasteiger partial charge < -0.3 is 15.4 Å². The summed E-state index contributed by atoms with van der Waals surface area (Å²) in [6.07, 6.45) is 2.68. The lowest BCUT2D eigenvalue weighted by Gasteiger charge is -2.12. The molecule has 6 heteroatoms. The van der Waals surface area contributed by atoms with E-state index in [0.29, 0.717) is 6.61 Å². The summed E-state index contributed by atoms with van der Waals surface area (Å²) in [5, 5.41) is 11.3. The molecular weight excluding hydrogens is 266 g/mol. The van der Waals surface area contributed by atoms with Gasteiger partial charge >= 0.3 is 0 Å². The number of aromatic nitrogens is 2. The Morgan fingerprint density at radius 3 is 2.76 bits per heavy atom. The molecule has 1 saturated carbocycles. The number of hydrogen-bond acceptors (Lipinski definition) is 3. The van der Waals surface area contributed by atoms with Crippen LogP contribution in [0.4, 0.5) is 0 Å². The molecule has 0 amide bonds. The third kappa shape index (κ3) is 4.46. The number of aliphatic imine (C=N–C) groups is 1. The van der Waals surface area contributed by atoms with E-state index in [-0.39, 0.29) is 0 Å². The van der Waals surface area contributed by atoms with Gasteiger partial charge in [0.15, 0.2) is 5.96 Å². The van der Waals surface area contributed by atoms with Crippen LogP contribution in [0, 0.1) is 19.8 Å². The lowest BCUT2D eigenvalue weighted by atomic mass is 10.2. The molecule has 1 heterocycles. The van der Waals surface area contributed by atoms with Crippen molar-refractivity contribution in [3.05, 3.63) is 17.0 Å². The van der Waals surface area contributed by atoms with Crippen molar-refractivity contribution >= 4 is 5.96 Å². The molecule has 1 aromatic heterocycles. The standard InChI is InChI=1S/C15H27N5O/c1-11-14(12(2)20(19-11)7-8-21-4)10-18-15(16-3)17-9-13-5-6-13/h13H,5-10H2,1-4H3,(H2,16,17,18). The number of aryl methyl sites for hydroxylation is 1. The molecule has 1 aliphatic carbocycles. The average Bonchev–Trinajstić information content (AvgIpc) is 3.26. The van der Waals surface area contributed by atoms with Crippen LogP contribution in [-0.2, 0) is 17.8 Å². The molecule has 6 nitrogen and oxygen atoms in total. The summed E-state index contributed by atoms with van der Waals surface area (Å²) in [4.78, 5) is 4.27. The van der Waals surface area contributed by atoms with Crippen LogP contribution in [0.15, 0.2) is 4.99 Å². The van der Waals surface area contributed by atoms with E-state index in [0.717, 1.165) is 37.2 Å². The summed E-state index contributed by atoms with van der Waals surface area (Å²) in [7, 11) is 3.52. The van der Waals surface area contributed by atoms with E-state index in [1.807, 2.05) is 18.7 Å². The highest BCUT2D eigenvalue weighted by Crippen LogP contribution is 2.27. The number of methoxy groups -OCH3 is 1. The Morgan fingerprint density at radius 1 is 1.38 bits per heavy atom. The lowest BCUT2D eigenvalue weighted by molar-refractivity contribution is 0.182. The highest BCUT2D eigenvalue weighted by Gasteiger charge is 2.21. The Morgan fingerprint density at radius 2 is 2.14 bits per heavy atom. The second-order valence-electron chi connectivity index (χ2n) is 5.62. The summed E-state index contributed by atoms with van der Waals surface area (Å²) in [6, 6.07) is 0. The van der Waals surface area contributed by atoms with Gasteiger partial charge in [0.05, 0.1) is 18.8 Å². The molecule has 0 atom stereocenters. The Bertz CT molecular complexity index is 490. The minimum absolute atomic E-state index is 0.680. The van der Waals surface area contributed by atoms with Crippen molar-refractivity contribution in [1.82, 2.24) is 20.4 Å². The molecule has 2 N–H and O–H groups in total. The van der Waals surface area contributed by atoms with Crippen LogP contribution < -0.4 is 10.6 Å². The Kier molecular flexibility index (Phi) is 5.61. The minimum Gasteiger partial charge on any atom is -0.383 e. The van der Waals surface area contributed by atoms with Crippen LogP contribution in [0.1, 0.15) is 29.8 Å². The van der Waals surface area contributed by atoms with E-state index in [1.54, 1.807) is 7.11 Å². The summed E-state index contributed by atoms with van der Waals surface area (Å²) in [5.41, 5.74) is 3.49. The van der Waals surface area contributed by atoms with Crippen molar-refractivity contribution < 1.29 is 4.74 Å². The number of hydrogen-bond donors (Lipinski definition) is 2. The zero-order chi connectivity index (χ0) is 15.2. The molecule has 1 fully saturated rings. The number of nitrogens with zero attached hydrogens (tertiary/aromatic N) is 3. The number of nitrogens with one attached hydrogen (secondary N) is 2. The molecule has 1 aliphatic rings. The Hall–Kier alpha value is -1.56. The van der Waals surface area contributed by atoms with Gasteiger partial charge in [0, 0.05) is 38.5 Å². The van der Waals surface area contributed by atoms with Crippen LogP contribution >= 0.6 is 0 Å². The molecule has 0 bridgehead atoms. The Balaban J connectivity index is 1.90. The van der Waals surface area contributed by atoms with Gasteiger partial charge in [-0.05, 0) is 32.6 Å². The SMILES string of the molecule is CN=C(NCc1c(C)nn(CCOC)c1C)NCC1CC1. The fourth-order valence-electron chi connectivity index (χ4n) is 2.34. The van der Waals surface area contributed by atoms with E-state index in [2.05, 4.69) is 27.6 Å². The fraction of sp³-hybridized carbons (Fsp3) is 0.733. The molecule has 0 aliphatic heterocycles. The second-order valence-corrected chi connectivity index (χ2v) is 5.62. The molecule has 118 valence electrons. The molecule has 0 spiro atoms. The first-order chi connectivity index (χ1) is 10.2. The third-order valence-corrected chi connectivity index (χ3v) is 3.95. The van der Waals surface area contributed by atoms with Gasteiger partial charge in [0.1, 0.15) is 0 Å². The van der Waals surface area contributed by atoms with Crippen LogP contribution in [-0.4, -0.2) is 43.0 Å². The summed E-state index contributed by atoms with van der Waals surface area (Å²) >= 11 is 0. The molecular formula is C15H27N5O. The van der Waals surface area contributed by atoms with E-state index >= 15 is 0 Å². The maximum atomic E-state index is 5.12. The highest BCUT2D eigenvalue weighted by molar-refractivity contribution is 5.79. The predicted molar refractivity (Wildman–Crippen MR) is 84.5 cm³/mol. The predicted octanol–water partition coefficient (Wildman–Crippen LogP) is 1.22. The van der Waals surface area contributed by atoms with Gasteiger partial charge in [-0.2, -0.15) is 5.10 Å². The summed E-state index contributed by atoms with van der Waals surface area (Å²) in [5.74, 6) is 1.70. The largest absolute Gasteiger partial charge is 0.383 e. The van der Waals surface area contributed by atoms with Gasteiger partial charge in [-0.1, -0.05) is 0 Å². The normalized spacial score (nSPS) is 15.3. The zero-order valence-corrected chi connectivity index (χ0v) is 13.6. The molecule has 21 heavy (non-hydrogen) atoms. The van der Waals surface area contributed by atoms with E-state index in [4.69, 9.17) is 4.74 Å². The summed E-state index contributed by atoms with van der Waals surface area (Å²) < 4.78 is 7.13. The van der Waals surface area contributed by atoms with Crippen LogP contribution in [0.2, 0.25) is 0 Å². The molecule has 2 rings (SSSR count). The molecule has 0 unspecified atom stereocenters.